The molecule has 1 aliphatic carbocycles. The summed E-state index contributed by atoms with van der Waals surface area (Å²) in [7, 11) is 0. The number of hydrogen-bond donors (Lipinski definition) is 1. The fraction of sp³-hybridized carbons (Fsp3) is 1.00. The van der Waals surface area contributed by atoms with Crippen LogP contribution in [0.4, 0.5) is 0 Å². The normalized spacial score (nSPS) is 35.6. The maximum Gasteiger partial charge on any atom is 0.00954 e. The minimum absolute atomic E-state index is 0.401. The first-order chi connectivity index (χ1) is 7.25. The van der Waals surface area contributed by atoms with Crippen molar-refractivity contribution < 1.29 is 0 Å². The van der Waals surface area contributed by atoms with Crippen molar-refractivity contribution in [1.82, 2.24) is 4.90 Å². The van der Waals surface area contributed by atoms with E-state index < -0.39 is 0 Å². The number of likely N-dealkylation sites (tertiary alicyclic amines) is 1. The quantitative estimate of drug-likeness (QED) is 0.775. The van der Waals surface area contributed by atoms with Crippen LogP contribution >= 0.6 is 0 Å². The van der Waals surface area contributed by atoms with Crippen LogP contribution in [0.25, 0.3) is 0 Å². The highest BCUT2D eigenvalue weighted by molar-refractivity contribution is 4.82. The third-order valence-corrected chi connectivity index (χ3v) is 4.18. The van der Waals surface area contributed by atoms with Crippen molar-refractivity contribution in [2.75, 3.05) is 13.1 Å². The summed E-state index contributed by atoms with van der Waals surface area (Å²) in [4.78, 5) is 2.72. The zero-order valence-electron chi connectivity index (χ0n) is 10.1. The first-order valence-corrected chi connectivity index (χ1v) is 6.75. The Kier molecular flexibility index (Phi) is 4.04. The smallest absolute Gasteiger partial charge is 0.00954 e. The van der Waals surface area contributed by atoms with Crippen molar-refractivity contribution in [3.05, 3.63) is 0 Å². The molecule has 0 aromatic rings. The standard InChI is InChI=1S/C13H26N2/c1-11(14)10-12-4-6-13(7-5-12)15-8-2-3-9-15/h11-13H,2-10,14H2,1H3. The Morgan fingerprint density at radius 2 is 1.73 bits per heavy atom. The van der Waals surface area contributed by atoms with Crippen molar-refractivity contribution in [2.24, 2.45) is 11.7 Å². The molecular weight excluding hydrogens is 184 g/mol. The van der Waals surface area contributed by atoms with Crippen LogP contribution in [0.3, 0.4) is 0 Å². The van der Waals surface area contributed by atoms with Gasteiger partial charge in [-0.1, -0.05) is 0 Å². The van der Waals surface area contributed by atoms with Gasteiger partial charge < -0.3 is 10.6 Å². The molecule has 2 aliphatic rings. The molecule has 2 heteroatoms. The van der Waals surface area contributed by atoms with E-state index in [4.69, 9.17) is 5.73 Å². The summed E-state index contributed by atoms with van der Waals surface area (Å²) in [6.07, 6.45) is 9.80. The van der Waals surface area contributed by atoms with Gasteiger partial charge in [-0.15, -0.1) is 0 Å². The monoisotopic (exact) mass is 210 g/mol. The molecular formula is C13H26N2. The lowest BCUT2D eigenvalue weighted by Gasteiger charge is -2.35. The zero-order chi connectivity index (χ0) is 10.7. The Balaban J connectivity index is 1.71. The van der Waals surface area contributed by atoms with E-state index in [-0.39, 0.29) is 0 Å². The minimum Gasteiger partial charge on any atom is -0.328 e. The Morgan fingerprint density at radius 3 is 2.27 bits per heavy atom. The lowest BCUT2D eigenvalue weighted by Crippen LogP contribution is -2.36. The van der Waals surface area contributed by atoms with E-state index in [0.717, 1.165) is 12.0 Å². The predicted octanol–water partition coefficient (Wildman–Crippen LogP) is 2.38. The number of nitrogens with zero attached hydrogens (tertiary/aromatic N) is 1. The third-order valence-electron chi connectivity index (χ3n) is 4.18. The Hall–Kier alpha value is -0.0800. The lowest BCUT2D eigenvalue weighted by molar-refractivity contribution is 0.159. The molecule has 0 radical (unpaired) electrons. The largest absolute Gasteiger partial charge is 0.328 e. The van der Waals surface area contributed by atoms with Gasteiger partial charge in [0, 0.05) is 12.1 Å². The van der Waals surface area contributed by atoms with Crippen LogP contribution in [0.5, 0.6) is 0 Å². The third kappa shape index (κ3) is 3.18. The average Bonchev–Trinajstić information content (AvgIpc) is 2.71. The molecule has 0 aromatic heterocycles. The van der Waals surface area contributed by atoms with Crippen LogP contribution in [0.1, 0.15) is 51.9 Å². The summed E-state index contributed by atoms with van der Waals surface area (Å²) >= 11 is 0. The summed E-state index contributed by atoms with van der Waals surface area (Å²) in [5.41, 5.74) is 5.87. The van der Waals surface area contributed by atoms with E-state index >= 15 is 0 Å². The summed E-state index contributed by atoms with van der Waals surface area (Å²) < 4.78 is 0. The van der Waals surface area contributed by atoms with Gasteiger partial charge in [-0.25, -0.2) is 0 Å². The van der Waals surface area contributed by atoms with Gasteiger partial charge in [-0.05, 0) is 70.9 Å². The van der Waals surface area contributed by atoms with Gasteiger partial charge in [0.05, 0.1) is 0 Å². The Labute approximate surface area is 94.2 Å². The molecule has 2 fully saturated rings. The topological polar surface area (TPSA) is 29.3 Å². The van der Waals surface area contributed by atoms with Crippen molar-refractivity contribution in [2.45, 2.75) is 64.0 Å². The molecule has 15 heavy (non-hydrogen) atoms. The van der Waals surface area contributed by atoms with E-state index in [9.17, 15) is 0 Å². The van der Waals surface area contributed by atoms with Crippen LogP contribution in [0, 0.1) is 5.92 Å². The molecule has 1 aliphatic heterocycles. The highest BCUT2D eigenvalue weighted by Crippen LogP contribution is 2.31. The molecule has 1 unspecified atom stereocenters. The second kappa shape index (κ2) is 5.31. The molecule has 1 saturated heterocycles. The maximum absolute atomic E-state index is 5.87. The van der Waals surface area contributed by atoms with Crippen molar-refractivity contribution >= 4 is 0 Å². The van der Waals surface area contributed by atoms with Gasteiger partial charge in [-0.2, -0.15) is 0 Å². The Bertz CT molecular complexity index is 177. The second-order valence-electron chi connectivity index (χ2n) is 5.63. The van der Waals surface area contributed by atoms with Crippen molar-refractivity contribution in [3.63, 3.8) is 0 Å². The van der Waals surface area contributed by atoms with Crippen molar-refractivity contribution in [3.8, 4) is 0 Å². The zero-order valence-corrected chi connectivity index (χ0v) is 10.1. The number of hydrogen-bond acceptors (Lipinski definition) is 2. The molecule has 0 bridgehead atoms. The fourth-order valence-electron chi connectivity index (χ4n) is 3.38. The molecule has 2 N–H and O–H groups in total. The van der Waals surface area contributed by atoms with E-state index in [2.05, 4.69) is 11.8 Å². The van der Waals surface area contributed by atoms with E-state index in [1.165, 1.54) is 58.0 Å². The maximum atomic E-state index is 5.87. The Morgan fingerprint density at radius 1 is 1.13 bits per heavy atom. The van der Waals surface area contributed by atoms with Crippen LogP contribution < -0.4 is 5.73 Å². The van der Waals surface area contributed by atoms with E-state index in [1.54, 1.807) is 0 Å². The molecule has 0 amide bonds. The summed E-state index contributed by atoms with van der Waals surface area (Å²) in [5, 5.41) is 0. The van der Waals surface area contributed by atoms with Gasteiger partial charge in [0.1, 0.15) is 0 Å². The average molecular weight is 210 g/mol. The highest BCUT2D eigenvalue weighted by atomic mass is 15.2. The van der Waals surface area contributed by atoms with E-state index in [1.807, 2.05) is 0 Å². The molecule has 88 valence electrons. The van der Waals surface area contributed by atoms with Crippen LogP contribution in [0.15, 0.2) is 0 Å². The van der Waals surface area contributed by atoms with Gasteiger partial charge in [0.2, 0.25) is 0 Å². The van der Waals surface area contributed by atoms with Crippen LogP contribution in [0.2, 0.25) is 0 Å². The van der Waals surface area contributed by atoms with Gasteiger partial charge in [0.25, 0.3) is 0 Å². The molecule has 2 rings (SSSR count). The fourth-order valence-corrected chi connectivity index (χ4v) is 3.38. The minimum atomic E-state index is 0.401. The molecule has 2 nitrogen and oxygen atoms in total. The van der Waals surface area contributed by atoms with Crippen LogP contribution in [-0.4, -0.2) is 30.1 Å². The summed E-state index contributed by atoms with van der Waals surface area (Å²) in [5.74, 6) is 0.920. The molecule has 0 spiro atoms. The number of rotatable bonds is 3. The SMILES string of the molecule is CC(N)CC1CCC(N2CCCC2)CC1. The van der Waals surface area contributed by atoms with Crippen LogP contribution in [-0.2, 0) is 0 Å². The summed E-state index contributed by atoms with van der Waals surface area (Å²) in [6, 6.07) is 1.31. The van der Waals surface area contributed by atoms with E-state index in [0.29, 0.717) is 6.04 Å². The molecule has 1 heterocycles. The predicted molar refractivity (Wildman–Crippen MR) is 64.8 cm³/mol. The molecule has 0 aromatic carbocycles. The first kappa shape index (κ1) is 11.4. The van der Waals surface area contributed by atoms with Gasteiger partial charge in [0.15, 0.2) is 0 Å². The first-order valence-electron chi connectivity index (χ1n) is 6.75. The molecule has 1 atom stereocenters. The number of nitrogens with two attached hydrogens (primary N) is 1. The highest BCUT2D eigenvalue weighted by Gasteiger charge is 2.27. The van der Waals surface area contributed by atoms with Crippen molar-refractivity contribution in [1.29, 1.82) is 0 Å². The summed E-state index contributed by atoms with van der Waals surface area (Å²) in [6.45, 7) is 4.87. The lowest BCUT2D eigenvalue weighted by atomic mass is 9.82. The molecule has 1 saturated carbocycles. The van der Waals surface area contributed by atoms with Gasteiger partial charge >= 0.3 is 0 Å². The second-order valence-corrected chi connectivity index (χ2v) is 5.63. The van der Waals surface area contributed by atoms with Gasteiger partial charge in [-0.3, -0.25) is 0 Å².